The Morgan fingerprint density at radius 3 is 1.89 bits per heavy atom. The first-order valence-electron chi connectivity index (χ1n) is 9.69. The van der Waals surface area contributed by atoms with E-state index in [4.69, 9.17) is 4.74 Å². The maximum Gasteiger partial charge on any atom is 0.329 e. The van der Waals surface area contributed by atoms with E-state index in [9.17, 15) is 9.59 Å². The standard InChI is InChI=1S/C23H27NO3/c1-27-23(26)21(24-22(25)19-15-9-4-10-16-19)20(17-11-5-2-6-12-17)18-13-7-3-8-14-18/h2-3,5-8,11-14,19-21H,4,9-10,15-16H2,1H3,(H,24,25)/t21-/m0/s1. The number of carbonyl (C=O) groups is 2. The van der Waals surface area contributed by atoms with Crippen LogP contribution in [-0.4, -0.2) is 25.0 Å². The smallest absolute Gasteiger partial charge is 0.329 e. The number of rotatable bonds is 6. The highest BCUT2D eigenvalue weighted by molar-refractivity contribution is 5.87. The highest BCUT2D eigenvalue weighted by atomic mass is 16.5. The van der Waals surface area contributed by atoms with Crippen molar-refractivity contribution >= 4 is 11.9 Å². The minimum absolute atomic E-state index is 0.0156. The van der Waals surface area contributed by atoms with Crippen molar-refractivity contribution in [1.29, 1.82) is 0 Å². The molecule has 1 N–H and O–H groups in total. The van der Waals surface area contributed by atoms with E-state index in [0.29, 0.717) is 0 Å². The van der Waals surface area contributed by atoms with E-state index in [0.717, 1.165) is 36.8 Å². The van der Waals surface area contributed by atoms with Gasteiger partial charge in [-0.1, -0.05) is 79.9 Å². The molecule has 0 unspecified atom stereocenters. The fourth-order valence-corrected chi connectivity index (χ4v) is 3.94. The van der Waals surface area contributed by atoms with Gasteiger partial charge in [-0.3, -0.25) is 4.79 Å². The topological polar surface area (TPSA) is 55.4 Å². The molecule has 1 aliphatic rings. The van der Waals surface area contributed by atoms with Gasteiger partial charge in [0.1, 0.15) is 6.04 Å². The summed E-state index contributed by atoms with van der Waals surface area (Å²) in [7, 11) is 1.37. The van der Waals surface area contributed by atoms with Crippen LogP contribution in [0.5, 0.6) is 0 Å². The molecule has 0 radical (unpaired) electrons. The number of hydrogen-bond acceptors (Lipinski definition) is 3. The molecule has 4 nitrogen and oxygen atoms in total. The minimum atomic E-state index is -0.755. The number of carbonyl (C=O) groups excluding carboxylic acids is 2. The molecule has 0 heterocycles. The van der Waals surface area contributed by atoms with Gasteiger partial charge in [0.25, 0.3) is 0 Å². The lowest BCUT2D eigenvalue weighted by molar-refractivity contribution is -0.146. The Morgan fingerprint density at radius 2 is 1.41 bits per heavy atom. The first kappa shape index (κ1) is 19.2. The fourth-order valence-electron chi connectivity index (χ4n) is 3.94. The van der Waals surface area contributed by atoms with Gasteiger partial charge in [-0.15, -0.1) is 0 Å². The maximum atomic E-state index is 12.9. The third kappa shape index (κ3) is 4.76. The van der Waals surface area contributed by atoms with Crippen LogP contribution in [0.15, 0.2) is 60.7 Å². The average molecular weight is 365 g/mol. The van der Waals surface area contributed by atoms with Gasteiger partial charge in [-0.2, -0.15) is 0 Å². The third-order valence-electron chi connectivity index (χ3n) is 5.38. The van der Waals surface area contributed by atoms with Gasteiger partial charge in [-0.05, 0) is 24.0 Å². The van der Waals surface area contributed by atoms with Gasteiger partial charge in [0.05, 0.1) is 7.11 Å². The van der Waals surface area contributed by atoms with Crippen LogP contribution in [0.1, 0.15) is 49.1 Å². The van der Waals surface area contributed by atoms with E-state index in [2.05, 4.69) is 5.32 Å². The Kier molecular flexibility index (Phi) is 6.64. The van der Waals surface area contributed by atoms with Crippen molar-refractivity contribution in [2.24, 2.45) is 5.92 Å². The van der Waals surface area contributed by atoms with Crippen molar-refractivity contribution in [3.05, 3.63) is 71.8 Å². The molecule has 0 aliphatic heterocycles. The van der Waals surface area contributed by atoms with Gasteiger partial charge >= 0.3 is 5.97 Å². The number of ether oxygens (including phenoxy) is 1. The molecule has 27 heavy (non-hydrogen) atoms. The van der Waals surface area contributed by atoms with E-state index in [-0.39, 0.29) is 17.7 Å². The van der Waals surface area contributed by atoms with E-state index in [1.807, 2.05) is 60.7 Å². The predicted molar refractivity (Wildman–Crippen MR) is 105 cm³/mol. The zero-order valence-electron chi connectivity index (χ0n) is 15.8. The lowest BCUT2D eigenvalue weighted by atomic mass is 9.83. The highest BCUT2D eigenvalue weighted by Gasteiger charge is 2.35. The molecule has 4 heteroatoms. The summed E-state index contributed by atoms with van der Waals surface area (Å²) in [6, 6.07) is 18.9. The van der Waals surface area contributed by atoms with Crippen LogP contribution in [0.3, 0.4) is 0 Å². The predicted octanol–water partition coefficient (Wildman–Crippen LogP) is 4.06. The summed E-state index contributed by atoms with van der Waals surface area (Å²) in [5.74, 6) is -0.774. The second-order valence-electron chi connectivity index (χ2n) is 7.14. The molecule has 1 saturated carbocycles. The number of nitrogens with one attached hydrogen (secondary N) is 1. The Balaban J connectivity index is 1.93. The van der Waals surface area contributed by atoms with Crippen LogP contribution >= 0.6 is 0 Å². The van der Waals surface area contributed by atoms with Crippen LogP contribution < -0.4 is 5.32 Å². The van der Waals surface area contributed by atoms with Crippen LogP contribution in [0.2, 0.25) is 0 Å². The Labute approximate surface area is 160 Å². The van der Waals surface area contributed by atoms with Gasteiger partial charge < -0.3 is 10.1 Å². The minimum Gasteiger partial charge on any atom is -0.467 e. The molecular weight excluding hydrogens is 338 g/mol. The number of esters is 1. The van der Waals surface area contributed by atoms with Crippen molar-refractivity contribution in [3.8, 4) is 0 Å². The average Bonchev–Trinajstić information content (AvgIpc) is 2.74. The molecule has 2 aromatic carbocycles. The summed E-state index contributed by atoms with van der Waals surface area (Å²) in [5, 5.41) is 3.02. The van der Waals surface area contributed by atoms with Crippen LogP contribution in [0.25, 0.3) is 0 Å². The third-order valence-corrected chi connectivity index (χ3v) is 5.38. The molecule has 1 atom stereocenters. The van der Waals surface area contributed by atoms with Crippen molar-refractivity contribution in [1.82, 2.24) is 5.32 Å². The number of benzene rings is 2. The van der Waals surface area contributed by atoms with E-state index >= 15 is 0 Å². The van der Waals surface area contributed by atoms with Gasteiger partial charge in [0.15, 0.2) is 0 Å². The second-order valence-corrected chi connectivity index (χ2v) is 7.14. The van der Waals surface area contributed by atoms with E-state index in [1.165, 1.54) is 13.5 Å². The summed E-state index contributed by atoms with van der Waals surface area (Å²) >= 11 is 0. The quantitative estimate of drug-likeness (QED) is 0.786. The highest BCUT2D eigenvalue weighted by Crippen LogP contribution is 2.30. The molecule has 1 aliphatic carbocycles. The zero-order chi connectivity index (χ0) is 19.1. The van der Waals surface area contributed by atoms with Gasteiger partial charge in [0.2, 0.25) is 5.91 Å². The second kappa shape index (κ2) is 9.36. The first-order valence-corrected chi connectivity index (χ1v) is 9.69. The monoisotopic (exact) mass is 365 g/mol. The molecule has 1 fully saturated rings. The number of methoxy groups -OCH3 is 1. The SMILES string of the molecule is COC(=O)[C@@H](NC(=O)C1CCCCC1)C(c1ccccc1)c1ccccc1. The summed E-state index contributed by atoms with van der Waals surface area (Å²) in [5.41, 5.74) is 1.95. The van der Waals surface area contributed by atoms with Gasteiger partial charge in [0, 0.05) is 11.8 Å². The van der Waals surface area contributed by atoms with Crippen molar-refractivity contribution in [2.75, 3.05) is 7.11 Å². The van der Waals surface area contributed by atoms with Crippen LogP contribution in [0, 0.1) is 5.92 Å². The van der Waals surface area contributed by atoms with Crippen molar-refractivity contribution in [3.63, 3.8) is 0 Å². The van der Waals surface area contributed by atoms with Crippen molar-refractivity contribution < 1.29 is 14.3 Å². The molecule has 0 bridgehead atoms. The van der Waals surface area contributed by atoms with Crippen LogP contribution in [0.4, 0.5) is 0 Å². The van der Waals surface area contributed by atoms with Gasteiger partial charge in [-0.25, -0.2) is 4.79 Å². The normalized spacial score (nSPS) is 15.9. The summed E-state index contributed by atoms with van der Waals surface area (Å²) in [6.07, 6.45) is 5.10. The molecule has 2 aromatic rings. The molecular formula is C23H27NO3. The largest absolute Gasteiger partial charge is 0.467 e. The zero-order valence-corrected chi connectivity index (χ0v) is 15.8. The first-order chi connectivity index (χ1) is 13.2. The molecule has 142 valence electrons. The maximum absolute atomic E-state index is 12.9. The Hall–Kier alpha value is -2.62. The Bertz CT molecular complexity index is 699. The number of hydrogen-bond donors (Lipinski definition) is 1. The molecule has 3 rings (SSSR count). The van der Waals surface area contributed by atoms with Crippen molar-refractivity contribution in [2.45, 2.75) is 44.1 Å². The van der Waals surface area contributed by atoms with E-state index in [1.54, 1.807) is 0 Å². The summed E-state index contributed by atoms with van der Waals surface area (Å²) in [6.45, 7) is 0. The fraction of sp³-hybridized carbons (Fsp3) is 0.391. The molecule has 0 spiro atoms. The molecule has 1 amide bonds. The summed E-state index contributed by atoms with van der Waals surface area (Å²) < 4.78 is 5.07. The lowest BCUT2D eigenvalue weighted by Gasteiger charge is -2.29. The Morgan fingerprint density at radius 1 is 0.889 bits per heavy atom. The van der Waals surface area contributed by atoms with Crippen LogP contribution in [-0.2, 0) is 14.3 Å². The number of amides is 1. The summed E-state index contributed by atoms with van der Waals surface area (Å²) in [4.78, 5) is 25.6. The van der Waals surface area contributed by atoms with E-state index < -0.39 is 12.0 Å². The lowest BCUT2D eigenvalue weighted by Crippen LogP contribution is -2.48. The molecule has 0 aromatic heterocycles. The molecule has 0 saturated heterocycles.